The molecule has 2 heterocycles. The molecule has 2 N–H and O–H groups in total. The van der Waals surface area contributed by atoms with Gasteiger partial charge in [-0.1, -0.05) is 18.2 Å². The lowest BCUT2D eigenvalue weighted by Crippen LogP contribution is -2.11. The van der Waals surface area contributed by atoms with Crippen LogP contribution in [0.25, 0.3) is 22.4 Å². The van der Waals surface area contributed by atoms with Gasteiger partial charge in [-0.2, -0.15) is 4.98 Å². The van der Waals surface area contributed by atoms with Crippen LogP contribution in [0.15, 0.2) is 52.9 Å². The Labute approximate surface area is 154 Å². The maximum Gasteiger partial charge on any atom is 0.293 e. The van der Waals surface area contributed by atoms with E-state index in [4.69, 9.17) is 13.9 Å². The molecule has 0 saturated heterocycles. The van der Waals surface area contributed by atoms with E-state index < -0.39 is 5.91 Å². The second-order valence-electron chi connectivity index (χ2n) is 5.68. The summed E-state index contributed by atoms with van der Waals surface area (Å²) >= 11 is 0. The third kappa shape index (κ3) is 3.20. The van der Waals surface area contributed by atoms with Crippen LogP contribution in [0.5, 0.6) is 11.5 Å². The van der Waals surface area contributed by atoms with Gasteiger partial charge in [0.05, 0.1) is 14.2 Å². The second-order valence-corrected chi connectivity index (χ2v) is 5.68. The number of carbonyl (C=O) groups excluding carboxylic acids is 1. The molecule has 0 spiro atoms. The highest BCUT2D eigenvalue weighted by Crippen LogP contribution is 2.31. The summed E-state index contributed by atoms with van der Waals surface area (Å²) in [6.07, 6.45) is 0. The Kier molecular flexibility index (Phi) is 4.21. The first kappa shape index (κ1) is 16.6. The number of H-pyrrole nitrogens is 1. The molecule has 27 heavy (non-hydrogen) atoms. The number of hydrogen-bond acceptors (Lipinski definition) is 6. The zero-order valence-electron chi connectivity index (χ0n) is 14.6. The maximum absolute atomic E-state index is 12.4. The Bertz CT molecular complexity index is 1080. The fourth-order valence-electron chi connectivity index (χ4n) is 2.69. The quantitative estimate of drug-likeness (QED) is 0.562. The summed E-state index contributed by atoms with van der Waals surface area (Å²) in [7, 11) is 3.12. The van der Waals surface area contributed by atoms with Gasteiger partial charge < -0.3 is 13.9 Å². The van der Waals surface area contributed by atoms with Crippen LogP contribution >= 0.6 is 0 Å². The predicted molar refractivity (Wildman–Crippen MR) is 99.1 cm³/mol. The lowest BCUT2D eigenvalue weighted by Gasteiger charge is -2.07. The molecule has 0 fully saturated rings. The second kappa shape index (κ2) is 6.83. The van der Waals surface area contributed by atoms with Crippen molar-refractivity contribution in [1.29, 1.82) is 0 Å². The summed E-state index contributed by atoms with van der Waals surface area (Å²) in [6, 6.07) is 14.4. The lowest BCUT2D eigenvalue weighted by atomic mass is 10.2. The van der Waals surface area contributed by atoms with E-state index in [0.29, 0.717) is 22.9 Å². The van der Waals surface area contributed by atoms with Crippen LogP contribution in [0.2, 0.25) is 0 Å². The van der Waals surface area contributed by atoms with Crippen LogP contribution in [0.1, 0.15) is 10.6 Å². The summed E-state index contributed by atoms with van der Waals surface area (Å²) in [4.78, 5) is 16.7. The van der Waals surface area contributed by atoms with Gasteiger partial charge in [0.15, 0.2) is 23.1 Å². The standard InChI is InChI=1S/C19H16N4O4/c1-25-14-8-7-12(10-15(14)26-2)17-20-19(23-22-17)21-18(24)16-9-11-5-3-4-6-13(11)27-16/h3-10H,1-2H3,(H2,20,21,22,23,24). The van der Waals surface area contributed by atoms with Crippen molar-refractivity contribution in [1.82, 2.24) is 15.2 Å². The number of nitrogens with zero attached hydrogens (tertiary/aromatic N) is 2. The number of nitrogens with one attached hydrogen (secondary N) is 2. The molecule has 1 amide bonds. The molecule has 8 heteroatoms. The van der Waals surface area contributed by atoms with E-state index in [1.165, 1.54) is 0 Å². The molecule has 0 aliphatic heterocycles. The molecule has 4 rings (SSSR count). The number of methoxy groups -OCH3 is 2. The molecule has 0 bridgehead atoms. The largest absolute Gasteiger partial charge is 0.493 e. The fraction of sp³-hybridized carbons (Fsp3) is 0.105. The molecule has 0 radical (unpaired) electrons. The third-order valence-electron chi connectivity index (χ3n) is 4.02. The number of ether oxygens (including phenoxy) is 2. The first-order chi connectivity index (χ1) is 13.2. The van der Waals surface area contributed by atoms with Crippen molar-refractivity contribution in [3.8, 4) is 22.9 Å². The fourth-order valence-corrected chi connectivity index (χ4v) is 2.69. The zero-order chi connectivity index (χ0) is 18.8. The molecule has 2 aromatic carbocycles. The minimum atomic E-state index is -0.427. The minimum absolute atomic E-state index is 0.144. The van der Waals surface area contributed by atoms with Gasteiger partial charge in [0.1, 0.15) is 5.58 Å². The van der Waals surface area contributed by atoms with E-state index in [1.807, 2.05) is 24.3 Å². The average Bonchev–Trinajstić information content (AvgIpc) is 3.34. The van der Waals surface area contributed by atoms with Crippen LogP contribution in [-0.2, 0) is 0 Å². The van der Waals surface area contributed by atoms with Gasteiger partial charge >= 0.3 is 0 Å². The van der Waals surface area contributed by atoms with Crippen molar-refractivity contribution in [2.24, 2.45) is 0 Å². The van der Waals surface area contributed by atoms with Crippen LogP contribution in [0.4, 0.5) is 5.95 Å². The summed E-state index contributed by atoms with van der Waals surface area (Å²) in [6.45, 7) is 0. The van der Waals surface area contributed by atoms with Gasteiger partial charge in [0.2, 0.25) is 5.95 Å². The zero-order valence-corrected chi connectivity index (χ0v) is 14.6. The molecule has 136 valence electrons. The van der Waals surface area contributed by atoms with E-state index in [2.05, 4.69) is 20.5 Å². The average molecular weight is 364 g/mol. The molecule has 2 aromatic heterocycles. The summed E-state index contributed by atoms with van der Waals surface area (Å²) in [5.41, 5.74) is 1.38. The number of para-hydroxylation sites is 1. The van der Waals surface area contributed by atoms with E-state index >= 15 is 0 Å². The molecule has 0 atom stereocenters. The molecule has 0 unspecified atom stereocenters. The van der Waals surface area contributed by atoms with Gasteiger partial charge in [0.25, 0.3) is 5.91 Å². The summed E-state index contributed by atoms with van der Waals surface area (Å²) in [5.74, 6) is 1.57. The number of anilines is 1. The Morgan fingerprint density at radius 1 is 1.07 bits per heavy atom. The van der Waals surface area contributed by atoms with Crippen LogP contribution in [-0.4, -0.2) is 35.3 Å². The van der Waals surface area contributed by atoms with Crippen molar-refractivity contribution in [2.75, 3.05) is 19.5 Å². The Hall–Kier alpha value is -3.81. The molecule has 4 aromatic rings. The Morgan fingerprint density at radius 2 is 1.89 bits per heavy atom. The SMILES string of the molecule is COc1ccc(-c2nc(NC(=O)c3cc4ccccc4o3)n[nH]2)cc1OC. The van der Waals surface area contributed by atoms with E-state index in [0.717, 1.165) is 10.9 Å². The number of carbonyl (C=O) groups is 1. The topological polar surface area (TPSA) is 102 Å². The molecule has 0 aliphatic carbocycles. The number of rotatable bonds is 5. The Morgan fingerprint density at radius 3 is 2.67 bits per heavy atom. The molecule has 8 nitrogen and oxygen atoms in total. The normalized spacial score (nSPS) is 10.7. The van der Waals surface area contributed by atoms with Crippen LogP contribution in [0.3, 0.4) is 0 Å². The van der Waals surface area contributed by atoms with E-state index in [9.17, 15) is 4.79 Å². The summed E-state index contributed by atoms with van der Waals surface area (Å²) < 4.78 is 16.0. The molecule has 0 aliphatic rings. The monoisotopic (exact) mass is 364 g/mol. The number of hydrogen-bond donors (Lipinski definition) is 2. The number of amides is 1. The van der Waals surface area contributed by atoms with Gasteiger partial charge in [0, 0.05) is 10.9 Å². The number of fused-ring (bicyclic) bond motifs is 1. The van der Waals surface area contributed by atoms with E-state index in [-0.39, 0.29) is 11.7 Å². The van der Waals surface area contributed by atoms with Gasteiger partial charge in [-0.05, 0) is 30.3 Å². The van der Waals surface area contributed by atoms with Crippen molar-refractivity contribution < 1.29 is 18.7 Å². The highest BCUT2D eigenvalue weighted by atomic mass is 16.5. The predicted octanol–water partition coefficient (Wildman–Crippen LogP) is 3.49. The lowest BCUT2D eigenvalue weighted by molar-refractivity contribution is 0.0998. The van der Waals surface area contributed by atoms with E-state index in [1.54, 1.807) is 38.5 Å². The van der Waals surface area contributed by atoms with Crippen molar-refractivity contribution >= 4 is 22.8 Å². The smallest absolute Gasteiger partial charge is 0.293 e. The number of aromatic amines is 1. The number of benzene rings is 2. The van der Waals surface area contributed by atoms with Crippen molar-refractivity contribution in [3.63, 3.8) is 0 Å². The molecular weight excluding hydrogens is 348 g/mol. The third-order valence-corrected chi connectivity index (χ3v) is 4.02. The first-order valence-electron chi connectivity index (χ1n) is 8.12. The van der Waals surface area contributed by atoms with Gasteiger partial charge in [-0.15, -0.1) is 5.10 Å². The number of aromatic nitrogens is 3. The molecule has 0 saturated carbocycles. The maximum atomic E-state index is 12.4. The minimum Gasteiger partial charge on any atom is -0.493 e. The highest BCUT2D eigenvalue weighted by molar-refractivity contribution is 6.03. The van der Waals surface area contributed by atoms with Crippen molar-refractivity contribution in [2.45, 2.75) is 0 Å². The first-order valence-corrected chi connectivity index (χ1v) is 8.12. The van der Waals surface area contributed by atoms with Gasteiger partial charge in [-0.25, -0.2) is 0 Å². The molecular formula is C19H16N4O4. The summed E-state index contributed by atoms with van der Waals surface area (Å²) in [5, 5.41) is 10.3. The van der Waals surface area contributed by atoms with Crippen molar-refractivity contribution in [3.05, 3.63) is 54.3 Å². The highest BCUT2D eigenvalue weighted by Gasteiger charge is 2.16. The van der Waals surface area contributed by atoms with Gasteiger partial charge in [-0.3, -0.25) is 15.2 Å². The van der Waals surface area contributed by atoms with Crippen LogP contribution < -0.4 is 14.8 Å². The Balaban J connectivity index is 1.55. The number of furan rings is 1. The van der Waals surface area contributed by atoms with Crippen LogP contribution in [0, 0.1) is 0 Å².